The fourth-order valence-corrected chi connectivity index (χ4v) is 4.42. The van der Waals surface area contributed by atoms with E-state index in [1.54, 1.807) is 0 Å². The normalized spacial score (nSPS) is 44.2. The molecule has 0 aromatic heterocycles. The summed E-state index contributed by atoms with van der Waals surface area (Å²) < 4.78 is 5.89. The molecule has 0 radical (unpaired) electrons. The number of ether oxygens (including phenoxy) is 1. The molecular weight excluding hydrogens is 224 g/mol. The van der Waals surface area contributed by atoms with E-state index in [0.29, 0.717) is 17.8 Å². The van der Waals surface area contributed by atoms with Crippen LogP contribution in [-0.2, 0) is 9.53 Å². The van der Waals surface area contributed by atoms with Crippen molar-refractivity contribution in [1.29, 1.82) is 0 Å². The Kier molecular flexibility index (Phi) is 2.84. The maximum absolute atomic E-state index is 12.2. The van der Waals surface area contributed by atoms with Crippen LogP contribution in [0.1, 0.15) is 39.0 Å². The predicted molar refractivity (Wildman–Crippen MR) is 70.9 cm³/mol. The second-order valence-electron chi connectivity index (χ2n) is 6.08. The zero-order chi connectivity index (χ0) is 12.8. The molecule has 1 saturated carbocycles. The van der Waals surface area contributed by atoms with Crippen LogP contribution in [0.3, 0.4) is 0 Å². The van der Waals surface area contributed by atoms with Crippen molar-refractivity contribution in [3.63, 3.8) is 0 Å². The van der Waals surface area contributed by atoms with Crippen LogP contribution < -0.4 is 0 Å². The van der Waals surface area contributed by atoms with E-state index >= 15 is 0 Å². The molecule has 0 aromatic rings. The molecule has 2 heteroatoms. The quantitative estimate of drug-likeness (QED) is 0.548. The molecule has 3 rings (SSSR count). The number of fused-ring (bicyclic) bond motifs is 5. The van der Waals surface area contributed by atoms with Crippen LogP contribution in [0.5, 0.6) is 0 Å². The second-order valence-corrected chi connectivity index (χ2v) is 6.08. The molecule has 0 unspecified atom stereocenters. The van der Waals surface area contributed by atoms with Crippen molar-refractivity contribution in [2.45, 2.75) is 44.6 Å². The van der Waals surface area contributed by atoms with E-state index in [4.69, 9.17) is 4.74 Å². The van der Waals surface area contributed by atoms with Gasteiger partial charge in [-0.15, -0.1) is 6.58 Å². The molecule has 0 aromatic carbocycles. The van der Waals surface area contributed by atoms with Gasteiger partial charge in [-0.05, 0) is 31.1 Å². The SMILES string of the molecule is C=CC[C@]1(CCCC)OC(=O)[C@@H]2[C@H]1[C@@H]1C=C[C@H]2C1. The molecule has 2 bridgehead atoms. The molecule has 0 N–H and O–H groups in total. The van der Waals surface area contributed by atoms with Gasteiger partial charge >= 0.3 is 5.97 Å². The number of allylic oxidation sites excluding steroid dienone is 2. The van der Waals surface area contributed by atoms with Crippen LogP contribution in [-0.4, -0.2) is 11.6 Å². The molecule has 1 heterocycles. The van der Waals surface area contributed by atoms with Gasteiger partial charge < -0.3 is 4.74 Å². The van der Waals surface area contributed by atoms with E-state index in [2.05, 4.69) is 25.7 Å². The van der Waals surface area contributed by atoms with E-state index in [1.165, 1.54) is 0 Å². The predicted octanol–water partition coefficient (Wildman–Crippen LogP) is 3.49. The third-order valence-electron chi connectivity index (χ3n) is 5.09. The van der Waals surface area contributed by atoms with Crippen LogP contribution in [0.4, 0.5) is 0 Å². The van der Waals surface area contributed by atoms with Crippen LogP contribution in [0.2, 0.25) is 0 Å². The van der Waals surface area contributed by atoms with Gasteiger partial charge in [0.25, 0.3) is 0 Å². The number of carbonyl (C=O) groups excluding carboxylic acids is 1. The number of esters is 1. The van der Waals surface area contributed by atoms with Crippen LogP contribution in [0.25, 0.3) is 0 Å². The average Bonchev–Trinajstić information content (AvgIpc) is 3.01. The minimum absolute atomic E-state index is 0.0507. The first-order chi connectivity index (χ1) is 8.72. The highest BCUT2D eigenvalue weighted by atomic mass is 16.6. The summed E-state index contributed by atoms with van der Waals surface area (Å²) in [5.41, 5.74) is -0.246. The summed E-state index contributed by atoms with van der Waals surface area (Å²) in [5.74, 6) is 1.60. The lowest BCUT2D eigenvalue weighted by atomic mass is 9.71. The standard InChI is InChI=1S/C16H22O2/c1-3-5-9-16(8-4-2)14-12-7-6-11(10-12)13(14)15(17)18-16/h4,6-7,11-14H,2-3,5,8-10H2,1H3/t11-,12+,13-,14+,16+/m0/s1. The number of cyclic esters (lactones) is 1. The molecule has 0 amide bonds. The average molecular weight is 246 g/mol. The van der Waals surface area contributed by atoms with Crippen molar-refractivity contribution in [3.05, 3.63) is 24.8 Å². The zero-order valence-corrected chi connectivity index (χ0v) is 11.1. The largest absolute Gasteiger partial charge is 0.458 e. The minimum atomic E-state index is -0.246. The Morgan fingerprint density at radius 1 is 1.50 bits per heavy atom. The molecule has 3 aliphatic rings. The van der Waals surface area contributed by atoms with E-state index in [-0.39, 0.29) is 17.5 Å². The van der Waals surface area contributed by atoms with Gasteiger partial charge in [-0.2, -0.15) is 0 Å². The first-order valence-electron chi connectivity index (χ1n) is 7.24. The van der Waals surface area contributed by atoms with Crippen molar-refractivity contribution in [2.24, 2.45) is 23.7 Å². The van der Waals surface area contributed by atoms with Gasteiger partial charge in [0.1, 0.15) is 5.60 Å². The smallest absolute Gasteiger partial charge is 0.310 e. The van der Waals surface area contributed by atoms with Gasteiger partial charge in [-0.25, -0.2) is 0 Å². The number of hydrogen-bond acceptors (Lipinski definition) is 2. The van der Waals surface area contributed by atoms with Crippen molar-refractivity contribution in [1.82, 2.24) is 0 Å². The van der Waals surface area contributed by atoms with Crippen molar-refractivity contribution >= 4 is 5.97 Å². The number of hydrogen-bond donors (Lipinski definition) is 0. The maximum Gasteiger partial charge on any atom is 0.310 e. The molecule has 2 nitrogen and oxygen atoms in total. The third kappa shape index (κ3) is 1.51. The Labute approximate surface area is 109 Å². The van der Waals surface area contributed by atoms with E-state index in [0.717, 1.165) is 32.1 Å². The molecule has 0 spiro atoms. The van der Waals surface area contributed by atoms with Crippen molar-refractivity contribution < 1.29 is 9.53 Å². The van der Waals surface area contributed by atoms with E-state index in [1.807, 2.05) is 6.08 Å². The molecule has 1 saturated heterocycles. The Morgan fingerprint density at radius 2 is 2.28 bits per heavy atom. The van der Waals surface area contributed by atoms with Crippen molar-refractivity contribution in [2.75, 3.05) is 0 Å². The van der Waals surface area contributed by atoms with Gasteiger partial charge in [0.2, 0.25) is 0 Å². The van der Waals surface area contributed by atoms with E-state index in [9.17, 15) is 4.79 Å². The van der Waals surface area contributed by atoms with Crippen LogP contribution in [0, 0.1) is 23.7 Å². The molecule has 1 aliphatic heterocycles. The number of unbranched alkanes of at least 4 members (excludes halogenated alkanes) is 1. The Balaban J connectivity index is 1.92. The fourth-order valence-electron chi connectivity index (χ4n) is 4.42. The van der Waals surface area contributed by atoms with Crippen LogP contribution >= 0.6 is 0 Å². The topological polar surface area (TPSA) is 26.3 Å². The van der Waals surface area contributed by atoms with Gasteiger partial charge in [-0.1, -0.05) is 31.6 Å². The lowest BCUT2D eigenvalue weighted by Crippen LogP contribution is -2.39. The zero-order valence-electron chi connectivity index (χ0n) is 11.1. The molecule has 98 valence electrons. The summed E-state index contributed by atoms with van der Waals surface area (Å²) in [5, 5.41) is 0. The van der Waals surface area contributed by atoms with Gasteiger partial charge in [0.05, 0.1) is 5.92 Å². The Morgan fingerprint density at radius 3 is 3.00 bits per heavy atom. The molecular formula is C16H22O2. The summed E-state index contributed by atoms with van der Waals surface area (Å²) in [7, 11) is 0. The minimum Gasteiger partial charge on any atom is -0.458 e. The lowest BCUT2D eigenvalue weighted by molar-refractivity contribution is -0.153. The second kappa shape index (κ2) is 4.25. The van der Waals surface area contributed by atoms with Gasteiger partial charge in [0.15, 0.2) is 0 Å². The maximum atomic E-state index is 12.2. The lowest BCUT2D eigenvalue weighted by Gasteiger charge is -2.35. The highest BCUT2D eigenvalue weighted by Gasteiger charge is 2.63. The third-order valence-corrected chi connectivity index (χ3v) is 5.09. The van der Waals surface area contributed by atoms with E-state index < -0.39 is 0 Å². The van der Waals surface area contributed by atoms with Crippen molar-refractivity contribution in [3.8, 4) is 0 Å². The first-order valence-corrected chi connectivity index (χ1v) is 7.24. The molecule has 18 heavy (non-hydrogen) atoms. The summed E-state index contributed by atoms with van der Waals surface area (Å²) in [6.07, 6.45) is 11.7. The highest BCUT2D eigenvalue weighted by molar-refractivity contribution is 5.78. The number of rotatable bonds is 5. The first kappa shape index (κ1) is 12.0. The fraction of sp³-hybridized carbons (Fsp3) is 0.688. The highest BCUT2D eigenvalue weighted by Crippen LogP contribution is 2.59. The summed E-state index contributed by atoms with van der Waals surface area (Å²) in [4.78, 5) is 12.2. The summed E-state index contributed by atoms with van der Waals surface area (Å²) in [6, 6.07) is 0. The molecule has 2 aliphatic carbocycles. The number of carbonyl (C=O) groups is 1. The van der Waals surface area contributed by atoms with Crippen LogP contribution in [0.15, 0.2) is 24.8 Å². The molecule has 5 atom stereocenters. The summed E-state index contributed by atoms with van der Waals surface area (Å²) >= 11 is 0. The summed E-state index contributed by atoms with van der Waals surface area (Å²) in [6.45, 7) is 6.06. The van der Waals surface area contributed by atoms with Gasteiger partial charge in [-0.3, -0.25) is 4.79 Å². The monoisotopic (exact) mass is 246 g/mol. The molecule has 2 fully saturated rings. The Bertz CT molecular complexity index is 398. The Hall–Kier alpha value is -1.05. The van der Waals surface area contributed by atoms with Gasteiger partial charge in [0, 0.05) is 12.3 Å².